The largest absolute Gasteiger partial charge is 0.462 e. The van der Waals surface area contributed by atoms with Crippen LogP contribution in [-0.4, -0.2) is 41.3 Å². The number of nitrogens with zero attached hydrogens (tertiary/aromatic N) is 3. The van der Waals surface area contributed by atoms with Gasteiger partial charge in [0.2, 0.25) is 0 Å². The van der Waals surface area contributed by atoms with E-state index in [0.717, 1.165) is 0 Å². The third-order valence-electron chi connectivity index (χ3n) is 1.40. The lowest BCUT2D eigenvalue weighted by molar-refractivity contribution is 0.268. The molecule has 0 atom stereocenters. The first-order chi connectivity index (χ1) is 7.26. The summed E-state index contributed by atoms with van der Waals surface area (Å²) in [5.74, 6) is 0.532. The Balaban J connectivity index is 2.66. The van der Waals surface area contributed by atoms with Gasteiger partial charge in [0, 0.05) is 13.1 Å². The minimum Gasteiger partial charge on any atom is -0.462 e. The predicted molar refractivity (Wildman–Crippen MR) is 53.7 cm³/mol. The van der Waals surface area contributed by atoms with E-state index >= 15 is 0 Å². The molecule has 4 N–H and O–H groups in total. The summed E-state index contributed by atoms with van der Waals surface area (Å²) in [5, 5.41) is 0. The third-order valence-corrected chi connectivity index (χ3v) is 1.40. The fraction of sp³-hybridized carbons (Fsp3) is 0.625. The van der Waals surface area contributed by atoms with Gasteiger partial charge in [-0.3, -0.25) is 0 Å². The van der Waals surface area contributed by atoms with Crippen molar-refractivity contribution in [3.63, 3.8) is 0 Å². The van der Waals surface area contributed by atoms with Crippen LogP contribution in [0, 0.1) is 6.92 Å². The van der Waals surface area contributed by atoms with E-state index in [0.29, 0.717) is 32.1 Å². The Morgan fingerprint density at radius 3 is 1.80 bits per heavy atom. The van der Waals surface area contributed by atoms with Gasteiger partial charge in [-0.1, -0.05) is 0 Å². The second kappa shape index (κ2) is 6.10. The van der Waals surface area contributed by atoms with Crippen LogP contribution in [0.5, 0.6) is 12.0 Å². The second-order valence-corrected chi connectivity index (χ2v) is 2.72. The topological polar surface area (TPSA) is 109 Å². The first-order valence-corrected chi connectivity index (χ1v) is 4.64. The number of nitrogens with two attached hydrogens (primary N) is 2. The average Bonchev–Trinajstić information content (AvgIpc) is 2.23. The zero-order valence-corrected chi connectivity index (χ0v) is 8.64. The van der Waals surface area contributed by atoms with Crippen LogP contribution in [0.25, 0.3) is 0 Å². The predicted octanol–water partition coefficient (Wildman–Crippen LogP) is -1.14. The normalized spacial score (nSPS) is 10.1. The molecule has 0 amide bonds. The van der Waals surface area contributed by atoms with E-state index in [4.69, 9.17) is 20.9 Å². The summed E-state index contributed by atoms with van der Waals surface area (Å²) in [6.07, 6.45) is 0. The zero-order valence-electron chi connectivity index (χ0n) is 8.64. The van der Waals surface area contributed by atoms with Crippen LogP contribution >= 0.6 is 0 Å². The van der Waals surface area contributed by atoms with Gasteiger partial charge in [-0.15, -0.1) is 4.98 Å². The van der Waals surface area contributed by atoms with E-state index in [2.05, 4.69) is 15.0 Å². The minimum absolute atomic E-state index is 0.222. The molecule has 0 aliphatic carbocycles. The molecule has 84 valence electrons. The second-order valence-electron chi connectivity index (χ2n) is 2.72. The van der Waals surface area contributed by atoms with Crippen LogP contribution < -0.4 is 20.9 Å². The highest BCUT2D eigenvalue weighted by atomic mass is 16.5. The highest BCUT2D eigenvalue weighted by Gasteiger charge is 2.05. The van der Waals surface area contributed by atoms with Gasteiger partial charge in [-0.05, 0) is 6.92 Å². The monoisotopic (exact) mass is 213 g/mol. The molecule has 7 nitrogen and oxygen atoms in total. The first-order valence-electron chi connectivity index (χ1n) is 4.64. The molecule has 0 spiro atoms. The van der Waals surface area contributed by atoms with Crippen LogP contribution in [0.4, 0.5) is 0 Å². The SMILES string of the molecule is Cc1nc(OCCN)nc(OCCN)n1. The molecule has 1 aromatic heterocycles. The van der Waals surface area contributed by atoms with Crippen LogP contribution in [0.1, 0.15) is 5.82 Å². The van der Waals surface area contributed by atoms with Crippen LogP contribution in [0.2, 0.25) is 0 Å². The molecule has 1 aromatic rings. The minimum atomic E-state index is 0.222. The molecule has 0 aliphatic heterocycles. The molecule has 0 bridgehead atoms. The van der Waals surface area contributed by atoms with Crippen molar-refractivity contribution in [2.45, 2.75) is 6.92 Å². The summed E-state index contributed by atoms with van der Waals surface area (Å²) >= 11 is 0. The zero-order chi connectivity index (χ0) is 11.1. The molecule has 0 unspecified atom stereocenters. The van der Waals surface area contributed by atoms with E-state index in [1.54, 1.807) is 6.92 Å². The van der Waals surface area contributed by atoms with E-state index in [1.807, 2.05) is 0 Å². The van der Waals surface area contributed by atoms with Crippen LogP contribution in [0.3, 0.4) is 0 Å². The maximum atomic E-state index is 5.29. The van der Waals surface area contributed by atoms with Crippen molar-refractivity contribution < 1.29 is 9.47 Å². The smallest absolute Gasteiger partial charge is 0.322 e. The van der Waals surface area contributed by atoms with Gasteiger partial charge < -0.3 is 20.9 Å². The van der Waals surface area contributed by atoms with Gasteiger partial charge in [0.1, 0.15) is 19.0 Å². The molecule has 1 rings (SSSR count). The lowest BCUT2D eigenvalue weighted by Gasteiger charge is -2.06. The molecule has 0 fully saturated rings. The molecule has 0 saturated heterocycles. The summed E-state index contributed by atoms with van der Waals surface area (Å²) in [5.41, 5.74) is 10.6. The molecular formula is C8H15N5O2. The standard InChI is InChI=1S/C8H15N5O2/c1-6-11-7(14-4-2-9)13-8(12-6)15-5-3-10/h2-5,9-10H2,1H3. The number of aromatic nitrogens is 3. The Labute approximate surface area is 87.8 Å². The van der Waals surface area contributed by atoms with Crippen molar-refractivity contribution in [2.24, 2.45) is 11.5 Å². The summed E-state index contributed by atoms with van der Waals surface area (Å²) in [4.78, 5) is 11.9. The van der Waals surface area contributed by atoms with Gasteiger partial charge in [0.25, 0.3) is 0 Å². The maximum absolute atomic E-state index is 5.29. The van der Waals surface area contributed by atoms with E-state index in [1.165, 1.54) is 0 Å². The highest BCUT2D eigenvalue weighted by molar-refractivity contribution is 5.04. The fourth-order valence-corrected chi connectivity index (χ4v) is 0.863. The molecule has 1 heterocycles. The van der Waals surface area contributed by atoms with Gasteiger partial charge >= 0.3 is 12.0 Å². The maximum Gasteiger partial charge on any atom is 0.322 e. The summed E-state index contributed by atoms with van der Waals surface area (Å²) in [7, 11) is 0. The Kier molecular flexibility index (Phi) is 4.72. The van der Waals surface area contributed by atoms with Crippen molar-refractivity contribution in [3.8, 4) is 12.0 Å². The van der Waals surface area contributed by atoms with Gasteiger partial charge in [0.05, 0.1) is 0 Å². The Morgan fingerprint density at radius 2 is 1.40 bits per heavy atom. The fourth-order valence-electron chi connectivity index (χ4n) is 0.863. The number of hydrogen-bond donors (Lipinski definition) is 2. The number of ether oxygens (including phenoxy) is 2. The van der Waals surface area contributed by atoms with E-state index < -0.39 is 0 Å². The average molecular weight is 213 g/mol. The van der Waals surface area contributed by atoms with Crippen molar-refractivity contribution in [3.05, 3.63) is 5.82 Å². The van der Waals surface area contributed by atoms with Crippen molar-refractivity contribution in [2.75, 3.05) is 26.3 Å². The van der Waals surface area contributed by atoms with Gasteiger partial charge in [0.15, 0.2) is 0 Å². The highest BCUT2D eigenvalue weighted by Crippen LogP contribution is 2.08. The number of hydrogen-bond acceptors (Lipinski definition) is 7. The first kappa shape index (κ1) is 11.6. The molecule has 0 saturated carbocycles. The van der Waals surface area contributed by atoms with Crippen molar-refractivity contribution >= 4 is 0 Å². The summed E-state index contributed by atoms with van der Waals surface area (Å²) in [6.45, 7) is 3.26. The van der Waals surface area contributed by atoms with E-state index in [9.17, 15) is 0 Å². The van der Waals surface area contributed by atoms with Gasteiger partial charge in [-0.25, -0.2) is 0 Å². The molecule has 0 radical (unpaired) electrons. The number of aryl methyl sites for hydroxylation is 1. The molecule has 0 aliphatic rings. The lowest BCUT2D eigenvalue weighted by Crippen LogP contribution is -2.15. The Morgan fingerprint density at radius 1 is 0.933 bits per heavy atom. The van der Waals surface area contributed by atoms with Crippen LogP contribution in [-0.2, 0) is 0 Å². The lowest BCUT2D eigenvalue weighted by atomic mass is 10.7. The summed E-state index contributed by atoms with van der Waals surface area (Å²) in [6, 6.07) is 0.444. The molecule has 0 aromatic carbocycles. The van der Waals surface area contributed by atoms with Gasteiger partial charge in [-0.2, -0.15) is 9.97 Å². The number of rotatable bonds is 6. The molecular weight excluding hydrogens is 198 g/mol. The van der Waals surface area contributed by atoms with Crippen molar-refractivity contribution in [1.82, 2.24) is 15.0 Å². The Bertz CT molecular complexity index is 281. The van der Waals surface area contributed by atoms with E-state index in [-0.39, 0.29) is 12.0 Å². The van der Waals surface area contributed by atoms with Crippen molar-refractivity contribution in [1.29, 1.82) is 0 Å². The van der Waals surface area contributed by atoms with Crippen LogP contribution in [0.15, 0.2) is 0 Å². The molecule has 15 heavy (non-hydrogen) atoms. The quantitative estimate of drug-likeness (QED) is 0.614. The summed E-state index contributed by atoms with van der Waals surface area (Å²) < 4.78 is 10.3. The Hall–Kier alpha value is -1.47. The third kappa shape index (κ3) is 4.05. The molecule has 7 heteroatoms.